The summed E-state index contributed by atoms with van der Waals surface area (Å²) >= 11 is 0. The predicted octanol–water partition coefficient (Wildman–Crippen LogP) is 4.83. The first kappa shape index (κ1) is 25.9. The van der Waals surface area contributed by atoms with Crippen LogP contribution in [0.15, 0.2) is 59.7 Å². The van der Waals surface area contributed by atoms with Crippen molar-refractivity contribution in [3.63, 3.8) is 0 Å². The number of aromatic nitrogens is 1. The van der Waals surface area contributed by atoms with E-state index in [4.69, 9.17) is 14.5 Å². The van der Waals surface area contributed by atoms with Crippen molar-refractivity contribution in [3.8, 4) is 5.75 Å². The van der Waals surface area contributed by atoms with Crippen LogP contribution in [0, 0.1) is 6.92 Å². The molecule has 0 atom stereocenters. The van der Waals surface area contributed by atoms with Gasteiger partial charge in [-0.15, -0.1) is 24.0 Å². The molecule has 0 saturated heterocycles. The zero-order valence-corrected chi connectivity index (χ0v) is 21.4. The standard InChI is InChI=1S/C25H32N4O2.HI/c1-4-26-25(28-17-20-12-13-27-23-9-6-5-8-22(20)23)29-18-21-11-10-19(2)16-24(21)31-15-7-14-30-3;/h5-6,8-13,16H,4,7,14-15,17-18H2,1-3H3,(H2,26,28,29);1H. The number of nitrogens with zero attached hydrogens (tertiary/aromatic N) is 2. The number of guanidine groups is 1. The Kier molecular flexibility index (Phi) is 11.2. The van der Waals surface area contributed by atoms with E-state index >= 15 is 0 Å². The van der Waals surface area contributed by atoms with Crippen molar-refractivity contribution in [2.45, 2.75) is 33.4 Å². The lowest BCUT2D eigenvalue weighted by Crippen LogP contribution is -2.36. The maximum atomic E-state index is 5.99. The zero-order chi connectivity index (χ0) is 21.9. The fourth-order valence-corrected chi connectivity index (χ4v) is 3.31. The number of aliphatic imine (C=N–C) groups is 1. The highest BCUT2D eigenvalue weighted by molar-refractivity contribution is 14.0. The van der Waals surface area contributed by atoms with Gasteiger partial charge in [0.2, 0.25) is 0 Å². The van der Waals surface area contributed by atoms with Crippen molar-refractivity contribution in [3.05, 3.63) is 71.4 Å². The third-order valence-electron chi connectivity index (χ3n) is 4.91. The molecule has 172 valence electrons. The second kappa shape index (κ2) is 13.9. The predicted molar refractivity (Wildman–Crippen MR) is 142 cm³/mol. The second-order valence-corrected chi connectivity index (χ2v) is 7.34. The third kappa shape index (κ3) is 7.63. The van der Waals surface area contributed by atoms with Crippen LogP contribution >= 0.6 is 24.0 Å². The number of hydrogen-bond donors (Lipinski definition) is 2. The van der Waals surface area contributed by atoms with Gasteiger partial charge in [0.05, 0.1) is 18.7 Å². The number of hydrogen-bond acceptors (Lipinski definition) is 4. The Balaban J connectivity index is 0.00000363. The molecule has 0 aliphatic heterocycles. The number of nitrogens with one attached hydrogen (secondary N) is 2. The first-order valence-corrected chi connectivity index (χ1v) is 10.8. The molecule has 2 N–H and O–H groups in total. The van der Waals surface area contributed by atoms with Gasteiger partial charge in [0.15, 0.2) is 5.96 Å². The summed E-state index contributed by atoms with van der Waals surface area (Å²) in [5.74, 6) is 1.66. The van der Waals surface area contributed by atoms with Crippen LogP contribution in [0.25, 0.3) is 10.9 Å². The number of pyridine rings is 1. The van der Waals surface area contributed by atoms with Gasteiger partial charge in [-0.2, -0.15) is 0 Å². The van der Waals surface area contributed by atoms with Gasteiger partial charge in [-0.1, -0.05) is 30.3 Å². The molecule has 7 heteroatoms. The second-order valence-electron chi connectivity index (χ2n) is 7.34. The van der Waals surface area contributed by atoms with Gasteiger partial charge in [-0.3, -0.25) is 4.98 Å². The lowest BCUT2D eigenvalue weighted by Gasteiger charge is -2.14. The minimum atomic E-state index is 0. The van der Waals surface area contributed by atoms with Crippen molar-refractivity contribution in [2.75, 3.05) is 26.9 Å². The number of methoxy groups -OCH3 is 1. The molecule has 0 radical (unpaired) electrons. The van der Waals surface area contributed by atoms with Crippen molar-refractivity contribution >= 4 is 40.8 Å². The van der Waals surface area contributed by atoms with Gasteiger partial charge in [-0.05, 0) is 43.2 Å². The summed E-state index contributed by atoms with van der Waals surface area (Å²) in [6.45, 7) is 7.44. The largest absolute Gasteiger partial charge is 0.493 e. The summed E-state index contributed by atoms with van der Waals surface area (Å²) in [6.07, 6.45) is 2.71. The van der Waals surface area contributed by atoms with E-state index in [2.05, 4.69) is 53.7 Å². The molecule has 0 spiro atoms. The van der Waals surface area contributed by atoms with E-state index in [9.17, 15) is 0 Å². The summed E-state index contributed by atoms with van der Waals surface area (Å²) in [6, 6.07) is 16.5. The molecular weight excluding hydrogens is 515 g/mol. The van der Waals surface area contributed by atoms with E-state index in [1.54, 1.807) is 7.11 Å². The SMILES string of the molecule is CCNC(=NCc1ccc(C)cc1OCCCOC)NCc1ccnc2ccccc12.I. The van der Waals surface area contributed by atoms with E-state index in [0.29, 0.717) is 26.3 Å². The average Bonchev–Trinajstić information content (AvgIpc) is 2.79. The number of halogens is 1. The van der Waals surface area contributed by atoms with E-state index in [1.165, 1.54) is 11.1 Å². The quantitative estimate of drug-likeness (QED) is 0.165. The molecule has 0 bridgehead atoms. The summed E-state index contributed by atoms with van der Waals surface area (Å²) in [5, 5.41) is 7.92. The van der Waals surface area contributed by atoms with E-state index in [1.807, 2.05) is 30.5 Å². The number of para-hydroxylation sites is 1. The lowest BCUT2D eigenvalue weighted by molar-refractivity contribution is 0.172. The Morgan fingerprint density at radius 2 is 1.88 bits per heavy atom. The molecule has 0 aliphatic carbocycles. The number of benzene rings is 2. The summed E-state index contributed by atoms with van der Waals surface area (Å²) in [7, 11) is 1.71. The average molecular weight is 548 g/mol. The molecule has 6 nitrogen and oxygen atoms in total. The molecule has 1 heterocycles. The maximum absolute atomic E-state index is 5.99. The Labute approximate surface area is 207 Å². The topological polar surface area (TPSA) is 67.8 Å². The first-order chi connectivity index (χ1) is 15.2. The van der Waals surface area contributed by atoms with Crippen LogP contribution in [0.5, 0.6) is 5.75 Å². The fourth-order valence-electron chi connectivity index (χ4n) is 3.31. The smallest absolute Gasteiger partial charge is 0.191 e. The maximum Gasteiger partial charge on any atom is 0.191 e. The molecule has 32 heavy (non-hydrogen) atoms. The minimum Gasteiger partial charge on any atom is -0.493 e. The van der Waals surface area contributed by atoms with Crippen LogP contribution in [0.4, 0.5) is 0 Å². The molecule has 2 aromatic carbocycles. The van der Waals surface area contributed by atoms with Gasteiger partial charge >= 0.3 is 0 Å². The highest BCUT2D eigenvalue weighted by Crippen LogP contribution is 2.21. The van der Waals surface area contributed by atoms with Crippen molar-refractivity contribution in [1.82, 2.24) is 15.6 Å². The highest BCUT2D eigenvalue weighted by atomic mass is 127. The molecule has 1 aromatic heterocycles. The minimum absolute atomic E-state index is 0. The van der Waals surface area contributed by atoms with Gasteiger partial charge < -0.3 is 20.1 Å². The van der Waals surface area contributed by atoms with Gasteiger partial charge in [-0.25, -0.2) is 4.99 Å². The summed E-state index contributed by atoms with van der Waals surface area (Å²) < 4.78 is 11.1. The Hall–Kier alpha value is -2.39. The number of rotatable bonds is 10. The zero-order valence-electron chi connectivity index (χ0n) is 19.1. The van der Waals surface area contributed by atoms with Crippen LogP contribution in [0.3, 0.4) is 0 Å². The monoisotopic (exact) mass is 548 g/mol. The van der Waals surface area contributed by atoms with Crippen molar-refractivity contribution in [1.29, 1.82) is 0 Å². The number of fused-ring (bicyclic) bond motifs is 1. The molecule has 0 aliphatic rings. The Morgan fingerprint density at radius 1 is 1.03 bits per heavy atom. The molecule has 0 amide bonds. The molecule has 0 fully saturated rings. The lowest BCUT2D eigenvalue weighted by atomic mass is 10.1. The van der Waals surface area contributed by atoms with Gasteiger partial charge in [0.25, 0.3) is 0 Å². The van der Waals surface area contributed by atoms with Crippen molar-refractivity contribution < 1.29 is 9.47 Å². The summed E-state index contributed by atoms with van der Waals surface area (Å²) in [5.41, 5.74) is 4.42. The van der Waals surface area contributed by atoms with Crippen LogP contribution in [-0.4, -0.2) is 37.8 Å². The van der Waals surface area contributed by atoms with Gasteiger partial charge in [0, 0.05) is 50.4 Å². The van der Waals surface area contributed by atoms with Crippen LogP contribution in [-0.2, 0) is 17.8 Å². The van der Waals surface area contributed by atoms with Crippen molar-refractivity contribution in [2.24, 2.45) is 4.99 Å². The third-order valence-corrected chi connectivity index (χ3v) is 4.91. The fraction of sp³-hybridized carbons (Fsp3) is 0.360. The van der Waals surface area contributed by atoms with Gasteiger partial charge in [0.1, 0.15) is 5.75 Å². The Bertz CT molecular complexity index is 1000. The highest BCUT2D eigenvalue weighted by Gasteiger charge is 2.07. The number of aryl methyl sites for hydroxylation is 1. The Morgan fingerprint density at radius 3 is 2.69 bits per heavy atom. The molecule has 0 unspecified atom stereocenters. The van der Waals surface area contributed by atoms with E-state index < -0.39 is 0 Å². The molecule has 3 aromatic rings. The van der Waals surface area contributed by atoms with E-state index in [0.717, 1.165) is 41.1 Å². The molecular formula is C25H33IN4O2. The van der Waals surface area contributed by atoms with Crippen LogP contribution in [0.1, 0.15) is 30.0 Å². The molecule has 0 saturated carbocycles. The summed E-state index contributed by atoms with van der Waals surface area (Å²) in [4.78, 5) is 9.23. The number of ether oxygens (including phenoxy) is 2. The first-order valence-electron chi connectivity index (χ1n) is 10.8. The van der Waals surface area contributed by atoms with Crippen LogP contribution < -0.4 is 15.4 Å². The van der Waals surface area contributed by atoms with Crippen LogP contribution in [0.2, 0.25) is 0 Å². The molecule has 3 rings (SSSR count). The van der Waals surface area contributed by atoms with E-state index in [-0.39, 0.29) is 24.0 Å². The normalized spacial score (nSPS) is 11.2.